The van der Waals surface area contributed by atoms with E-state index in [2.05, 4.69) is 15.5 Å². The topological polar surface area (TPSA) is 64.7 Å². The summed E-state index contributed by atoms with van der Waals surface area (Å²) in [5.41, 5.74) is 2.32. The summed E-state index contributed by atoms with van der Waals surface area (Å²) in [4.78, 5) is 12.1. The Morgan fingerprint density at radius 1 is 1.22 bits per heavy atom. The van der Waals surface area contributed by atoms with E-state index in [1.807, 2.05) is 6.92 Å². The van der Waals surface area contributed by atoms with Gasteiger partial charge in [-0.1, -0.05) is 0 Å². The van der Waals surface area contributed by atoms with E-state index in [0.717, 1.165) is 11.3 Å². The molecule has 23 heavy (non-hydrogen) atoms. The van der Waals surface area contributed by atoms with Crippen LogP contribution in [0.1, 0.15) is 5.69 Å². The smallest absolute Gasteiger partial charge is 0.247 e. The average Bonchev–Trinajstić information content (AvgIpc) is 3.07. The number of nitrogens with one attached hydrogen (secondary N) is 1. The van der Waals surface area contributed by atoms with Crippen LogP contribution in [0.3, 0.4) is 0 Å². The zero-order valence-corrected chi connectivity index (χ0v) is 12.8. The molecule has 1 amide bonds. The molecule has 0 unspecified atom stereocenters. The van der Waals surface area contributed by atoms with E-state index >= 15 is 0 Å². The lowest BCUT2D eigenvalue weighted by atomic mass is 10.1. The molecule has 1 N–H and O–H groups in total. The van der Waals surface area contributed by atoms with Crippen molar-refractivity contribution in [2.45, 2.75) is 13.5 Å². The largest absolute Gasteiger partial charge is 0.309 e. The molecule has 3 rings (SSSR count). The number of nitrogens with zero attached hydrogens (tertiary/aromatic N) is 4. The van der Waals surface area contributed by atoms with Gasteiger partial charge in [0.15, 0.2) is 0 Å². The van der Waals surface area contributed by atoms with Crippen LogP contribution in [0.25, 0.3) is 11.3 Å². The number of anilines is 1. The lowest BCUT2D eigenvalue weighted by Gasteiger charge is -2.05. The number of hydrogen-bond donors (Lipinski definition) is 1. The number of carbonyl (C=O) groups is 1. The fourth-order valence-electron chi connectivity index (χ4n) is 2.28. The number of aryl methyl sites for hydroxylation is 2. The Kier molecular flexibility index (Phi) is 3.92. The van der Waals surface area contributed by atoms with Crippen LogP contribution < -0.4 is 5.32 Å². The maximum atomic E-state index is 12.9. The van der Waals surface area contributed by atoms with Crippen LogP contribution in [-0.2, 0) is 18.4 Å². The Labute approximate surface area is 132 Å². The van der Waals surface area contributed by atoms with E-state index < -0.39 is 0 Å². The molecule has 0 bridgehead atoms. The van der Waals surface area contributed by atoms with Crippen molar-refractivity contribution in [2.75, 3.05) is 5.32 Å². The van der Waals surface area contributed by atoms with Crippen molar-refractivity contribution in [2.24, 2.45) is 7.05 Å². The molecule has 2 aromatic heterocycles. The lowest BCUT2D eigenvalue weighted by Crippen LogP contribution is -2.20. The summed E-state index contributed by atoms with van der Waals surface area (Å²) in [5.74, 6) is 0.152. The van der Waals surface area contributed by atoms with Crippen LogP contribution in [0, 0.1) is 12.7 Å². The number of halogens is 1. The van der Waals surface area contributed by atoms with Gasteiger partial charge in [-0.25, -0.2) is 4.39 Å². The first-order valence-corrected chi connectivity index (χ1v) is 7.11. The predicted molar refractivity (Wildman–Crippen MR) is 84.2 cm³/mol. The molecule has 1 aromatic carbocycles. The summed E-state index contributed by atoms with van der Waals surface area (Å²) in [7, 11) is 1.77. The van der Waals surface area contributed by atoms with E-state index in [9.17, 15) is 9.18 Å². The molecule has 118 valence electrons. The Hall–Kier alpha value is -2.96. The molecule has 0 aliphatic heterocycles. The Morgan fingerprint density at radius 3 is 2.61 bits per heavy atom. The van der Waals surface area contributed by atoms with Gasteiger partial charge in [-0.2, -0.15) is 10.2 Å². The molecule has 0 saturated carbocycles. The van der Waals surface area contributed by atoms with Crippen LogP contribution >= 0.6 is 0 Å². The second-order valence-electron chi connectivity index (χ2n) is 5.25. The van der Waals surface area contributed by atoms with Gasteiger partial charge in [0, 0.05) is 24.9 Å². The minimum Gasteiger partial charge on any atom is -0.309 e. The number of rotatable bonds is 4. The number of carbonyl (C=O) groups excluding carboxylic acids is 1. The molecule has 7 heteroatoms. The van der Waals surface area contributed by atoms with E-state index in [4.69, 9.17) is 0 Å². The minimum absolute atomic E-state index is 0.0887. The normalized spacial score (nSPS) is 10.7. The minimum atomic E-state index is -0.293. The molecule has 0 saturated heterocycles. The van der Waals surface area contributed by atoms with Crippen molar-refractivity contribution >= 4 is 11.7 Å². The van der Waals surface area contributed by atoms with Gasteiger partial charge in [-0.05, 0) is 37.3 Å². The van der Waals surface area contributed by atoms with Crippen molar-refractivity contribution in [3.05, 3.63) is 54.1 Å². The highest BCUT2D eigenvalue weighted by Crippen LogP contribution is 2.17. The van der Waals surface area contributed by atoms with Crippen molar-refractivity contribution in [1.82, 2.24) is 19.6 Å². The van der Waals surface area contributed by atoms with E-state index in [1.54, 1.807) is 42.2 Å². The van der Waals surface area contributed by atoms with Crippen LogP contribution in [0.15, 0.2) is 42.6 Å². The Bertz CT molecular complexity index is 835. The van der Waals surface area contributed by atoms with Crippen molar-refractivity contribution in [1.29, 1.82) is 0 Å². The molecule has 0 aliphatic rings. The summed E-state index contributed by atoms with van der Waals surface area (Å²) in [6, 6.07) is 9.65. The SMILES string of the molecule is Cc1cc(NC(=O)Cn2ccc(-c3ccc(F)cc3)n2)n(C)n1. The fraction of sp³-hybridized carbons (Fsp3) is 0.188. The molecule has 0 atom stereocenters. The van der Waals surface area contributed by atoms with Gasteiger partial charge in [0.2, 0.25) is 5.91 Å². The number of amides is 1. The van der Waals surface area contributed by atoms with Gasteiger partial charge in [0.25, 0.3) is 0 Å². The highest BCUT2D eigenvalue weighted by atomic mass is 19.1. The van der Waals surface area contributed by atoms with Gasteiger partial charge >= 0.3 is 0 Å². The average molecular weight is 313 g/mol. The first kappa shape index (κ1) is 15.0. The molecular formula is C16H16FN5O. The highest BCUT2D eigenvalue weighted by Gasteiger charge is 2.09. The molecule has 0 spiro atoms. The van der Waals surface area contributed by atoms with Crippen molar-refractivity contribution in [3.8, 4) is 11.3 Å². The summed E-state index contributed by atoms with van der Waals surface area (Å²) >= 11 is 0. The highest BCUT2D eigenvalue weighted by molar-refractivity contribution is 5.89. The number of aromatic nitrogens is 4. The first-order chi connectivity index (χ1) is 11.0. The van der Waals surface area contributed by atoms with E-state index in [0.29, 0.717) is 11.5 Å². The van der Waals surface area contributed by atoms with Gasteiger partial charge in [-0.15, -0.1) is 0 Å². The zero-order valence-electron chi connectivity index (χ0n) is 12.8. The van der Waals surface area contributed by atoms with Gasteiger partial charge in [0.1, 0.15) is 18.2 Å². The van der Waals surface area contributed by atoms with Gasteiger partial charge < -0.3 is 5.32 Å². The molecular weight excluding hydrogens is 297 g/mol. The summed E-state index contributed by atoms with van der Waals surface area (Å²) in [6.07, 6.45) is 1.72. The fourth-order valence-corrected chi connectivity index (χ4v) is 2.28. The van der Waals surface area contributed by atoms with Crippen LogP contribution in [0.4, 0.5) is 10.2 Å². The van der Waals surface area contributed by atoms with Crippen LogP contribution in [0.5, 0.6) is 0 Å². The molecule has 0 aliphatic carbocycles. The molecule has 0 fully saturated rings. The van der Waals surface area contributed by atoms with E-state index in [-0.39, 0.29) is 18.3 Å². The monoisotopic (exact) mass is 313 g/mol. The standard InChI is InChI=1S/C16H16FN5O/c1-11-9-15(21(2)19-11)18-16(23)10-22-8-7-14(20-22)12-3-5-13(17)6-4-12/h3-9H,10H2,1-2H3,(H,18,23). The predicted octanol–water partition coefficient (Wildman–Crippen LogP) is 2.37. The second kappa shape index (κ2) is 6.04. The molecule has 6 nitrogen and oxygen atoms in total. The van der Waals surface area contributed by atoms with Crippen LogP contribution in [-0.4, -0.2) is 25.5 Å². The van der Waals surface area contributed by atoms with Crippen molar-refractivity contribution in [3.63, 3.8) is 0 Å². The Balaban J connectivity index is 1.68. The summed E-state index contributed by atoms with van der Waals surface area (Å²) < 4.78 is 16.1. The molecule has 0 radical (unpaired) electrons. The Morgan fingerprint density at radius 2 is 1.96 bits per heavy atom. The quantitative estimate of drug-likeness (QED) is 0.804. The maximum Gasteiger partial charge on any atom is 0.247 e. The molecule has 3 aromatic rings. The lowest BCUT2D eigenvalue weighted by molar-refractivity contribution is -0.116. The zero-order chi connectivity index (χ0) is 16.4. The second-order valence-corrected chi connectivity index (χ2v) is 5.25. The third kappa shape index (κ3) is 3.45. The third-order valence-electron chi connectivity index (χ3n) is 3.36. The van der Waals surface area contributed by atoms with E-state index in [1.165, 1.54) is 16.8 Å². The van der Waals surface area contributed by atoms with Crippen molar-refractivity contribution < 1.29 is 9.18 Å². The van der Waals surface area contributed by atoms with Crippen LogP contribution in [0.2, 0.25) is 0 Å². The summed E-state index contributed by atoms with van der Waals surface area (Å²) in [5, 5.41) is 11.3. The maximum absolute atomic E-state index is 12.9. The summed E-state index contributed by atoms with van der Waals surface area (Å²) in [6.45, 7) is 1.95. The molecule has 2 heterocycles. The number of hydrogen-bond acceptors (Lipinski definition) is 3. The first-order valence-electron chi connectivity index (χ1n) is 7.11. The third-order valence-corrected chi connectivity index (χ3v) is 3.36. The number of benzene rings is 1. The van der Waals surface area contributed by atoms with Gasteiger partial charge in [0.05, 0.1) is 11.4 Å². The van der Waals surface area contributed by atoms with Gasteiger partial charge in [-0.3, -0.25) is 14.2 Å².